The highest BCUT2D eigenvalue weighted by atomic mass is 35.5. The van der Waals surface area contributed by atoms with Crippen molar-refractivity contribution >= 4 is 11.6 Å². The summed E-state index contributed by atoms with van der Waals surface area (Å²) in [5.74, 6) is 1.25. The van der Waals surface area contributed by atoms with Crippen LogP contribution in [-0.2, 0) is 19.5 Å². The van der Waals surface area contributed by atoms with Gasteiger partial charge in [0.25, 0.3) is 0 Å². The summed E-state index contributed by atoms with van der Waals surface area (Å²) < 4.78 is 2.19. The Morgan fingerprint density at radius 1 is 1.35 bits per heavy atom. The fourth-order valence-corrected chi connectivity index (χ4v) is 3.87. The zero-order chi connectivity index (χ0) is 18.1. The first-order valence-corrected chi connectivity index (χ1v) is 9.29. The van der Waals surface area contributed by atoms with Crippen LogP contribution in [0, 0.1) is 0 Å². The van der Waals surface area contributed by atoms with Gasteiger partial charge in [0.15, 0.2) is 0 Å². The number of nitrogens with zero attached hydrogens (tertiary/aromatic N) is 4. The summed E-state index contributed by atoms with van der Waals surface area (Å²) in [6.07, 6.45) is 7.56. The number of aryl methyl sites for hydroxylation is 1. The number of aromatic nitrogens is 4. The molecule has 3 aromatic rings. The molecule has 0 unspecified atom stereocenters. The van der Waals surface area contributed by atoms with Crippen LogP contribution in [0.4, 0.5) is 0 Å². The van der Waals surface area contributed by atoms with Crippen molar-refractivity contribution in [2.75, 3.05) is 6.54 Å². The third-order valence-electron chi connectivity index (χ3n) is 4.90. The van der Waals surface area contributed by atoms with Crippen molar-refractivity contribution in [2.45, 2.75) is 38.9 Å². The number of rotatable bonds is 5. The number of phenolic OH excluding ortho intramolecular Hbond substituents is 1. The van der Waals surface area contributed by atoms with Gasteiger partial charge in [-0.3, -0.25) is 4.90 Å². The fourth-order valence-electron chi connectivity index (χ4n) is 3.68. The molecule has 7 heteroatoms. The minimum absolute atomic E-state index is 0.0510. The van der Waals surface area contributed by atoms with Crippen molar-refractivity contribution in [1.29, 1.82) is 0 Å². The Balaban J connectivity index is 1.73. The minimum Gasteiger partial charge on any atom is -0.508 e. The number of imidazole rings is 2. The molecule has 2 N–H and O–H groups in total. The van der Waals surface area contributed by atoms with Crippen LogP contribution in [-0.4, -0.2) is 36.1 Å². The second kappa shape index (κ2) is 7.13. The van der Waals surface area contributed by atoms with Gasteiger partial charge in [0.2, 0.25) is 0 Å². The predicted molar refractivity (Wildman–Crippen MR) is 100 cm³/mol. The molecule has 3 heterocycles. The van der Waals surface area contributed by atoms with Crippen LogP contribution in [0.1, 0.15) is 42.2 Å². The van der Waals surface area contributed by atoms with Crippen LogP contribution >= 0.6 is 11.6 Å². The first-order valence-electron chi connectivity index (χ1n) is 8.92. The monoisotopic (exact) mass is 371 g/mol. The molecule has 0 bridgehead atoms. The highest BCUT2D eigenvalue weighted by Gasteiger charge is 2.34. The number of aromatic amines is 1. The van der Waals surface area contributed by atoms with Crippen LogP contribution < -0.4 is 0 Å². The minimum atomic E-state index is -0.0510. The van der Waals surface area contributed by atoms with E-state index in [9.17, 15) is 5.11 Å². The zero-order valence-corrected chi connectivity index (χ0v) is 15.4. The number of hydrogen-bond acceptors (Lipinski definition) is 4. The van der Waals surface area contributed by atoms with Gasteiger partial charge in [0.1, 0.15) is 17.6 Å². The van der Waals surface area contributed by atoms with E-state index in [0.29, 0.717) is 11.6 Å². The van der Waals surface area contributed by atoms with Gasteiger partial charge in [0, 0.05) is 54.7 Å². The summed E-state index contributed by atoms with van der Waals surface area (Å²) in [6.45, 7) is 4.52. The zero-order valence-electron chi connectivity index (χ0n) is 14.7. The Bertz CT molecular complexity index is 903. The molecule has 0 fully saturated rings. The number of aromatic hydroxyl groups is 1. The van der Waals surface area contributed by atoms with E-state index in [1.807, 2.05) is 18.5 Å². The molecule has 0 spiro atoms. The third kappa shape index (κ3) is 3.10. The second-order valence-corrected chi connectivity index (χ2v) is 7.08. The Labute approximate surface area is 157 Å². The Kier molecular flexibility index (Phi) is 4.70. The molecular weight excluding hydrogens is 350 g/mol. The van der Waals surface area contributed by atoms with E-state index in [-0.39, 0.29) is 11.8 Å². The molecule has 4 rings (SSSR count). The SMILES string of the molecule is CCCn1ccnc1[C@H]1c2nc[nH]c2CCN1Cc1cc(Cl)ccc1O. The lowest BCUT2D eigenvalue weighted by atomic mass is 10.0. The van der Waals surface area contributed by atoms with Crippen LogP contribution in [0.3, 0.4) is 0 Å². The molecule has 1 aromatic carbocycles. The average molecular weight is 372 g/mol. The Morgan fingerprint density at radius 3 is 3.08 bits per heavy atom. The quantitative estimate of drug-likeness (QED) is 0.719. The molecule has 0 saturated heterocycles. The highest BCUT2D eigenvalue weighted by Crippen LogP contribution is 2.35. The van der Waals surface area contributed by atoms with Gasteiger partial charge < -0.3 is 14.7 Å². The van der Waals surface area contributed by atoms with Crippen LogP contribution in [0.2, 0.25) is 5.02 Å². The van der Waals surface area contributed by atoms with E-state index in [1.165, 1.54) is 0 Å². The van der Waals surface area contributed by atoms with Gasteiger partial charge in [-0.25, -0.2) is 9.97 Å². The summed E-state index contributed by atoms with van der Waals surface area (Å²) in [7, 11) is 0. The topological polar surface area (TPSA) is 70.0 Å². The molecule has 0 aliphatic carbocycles. The Morgan fingerprint density at radius 2 is 2.23 bits per heavy atom. The van der Waals surface area contributed by atoms with Crippen LogP contribution in [0.25, 0.3) is 0 Å². The highest BCUT2D eigenvalue weighted by molar-refractivity contribution is 6.30. The van der Waals surface area contributed by atoms with Crippen molar-refractivity contribution in [2.24, 2.45) is 0 Å². The molecule has 26 heavy (non-hydrogen) atoms. The number of fused-ring (bicyclic) bond motifs is 1. The van der Waals surface area contributed by atoms with E-state index in [2.05, 4.69) is 31.3 Å². The van der Waals surface area contributed by atoms with E-state index in [4.69, 9.17) is 11.6 Å². The number of phenols is 1. The summed E-state index contributed by atoms with van der Waals surface area (Å²) in [5.41, 5.74) is 2.99. The van der Waals surface area contributed by atoms with Gasteiger partial charge in [-0.2, -0.15) is 0 Å². The smallest absolute Gasteiger partial charge is 0.132 e. The van der Waals surface area contributed by atoms with E-state index in [1.54, 1.807) is 18.5 Å². The number of H-pyrrole nitrogens is 1. The summed E-state index contributed by atoms with van der Waals surface area (Å²) in [5, 5.41) is 10.9. The van der Waals surface area contributed by atoms with Gasteiger partial charge >= 0.3 is 0 Å². The van der Waals surface area contributed by atoms with E-state index in [0.717, 1.165) is 48.7 Å². The molecule has 1 aliphatic rings. The van der Waals surface area contributed by atoms with Crippen molar-refractivity contribution in [3.8, 4) is 5.75 Å². The molecule has 0 saturated carbocycles. The number of halogens is 1. The van der Waals surface area contributed by atoms with Crippen molar-refractivity contribution in [1.82, 2.24) is 24.4 Å². The maximum absolute atomic E-state index is 10.2. The molecular formula is C19H22ClN5O. The second-order valence-electron chi connectivity index (χ2n) is 6.64. The third-order valence-corrected chi connectivity index (χ3v) is 5.13. The van der Waals surface area contributed by atoms with Crippen molar-refractivity contribution in [3.63, 3.8) is 0 Å². The predicted octanol–water partition coefficient (Wildman–Crippen LogP) is 3.52. The van der Waals surface area contributed by atoms with E-state index >= 15 is 0 Å². The van der Waals surface area contributed by atoms with E-state index < -0.39 is 0 Å². The summed E-state index contributed by atoms with van der Waals surface area (Å²) >= 11 is 6.14. The molecule has 1 atom stereocenters. The number of nitrogens with one attached hydrogen (secondary N) is 1. The van der Waals surface area contributed by atoms with Crippen LogP contribution in [0.5, 0.6) is 5.75 Å². The number of hydrogen-bond donors (Lipinski definition) is 2. The van der Waals surface area contributed by atoms with Crippen molar-refractivity contribution in [3.05, 3.63) is 64.7 Å². The first kappa shape index (κ1) is 17.1. The lowest BCUT2D eigenvalue weighted by molar-refractivity contribution is 0.187. The molecule has 0 amide bonds. The summed E-state index contributed by atoms with van der Waals surface area (Å²) in [4.78, 5) is 14.8. The molecule has 6 nitrogen and oxygen atoms in total. The summed E-state index contributed by atoms with van der Waals surface area (Å²) in [6, 6.07) is 5.12. The normalized spacial score (nSPS) is 17.4. The number of benzene rings is 1. The largest absolute Gasteiger partial charge is 0.508 e. The standard InChI is InChI=1S/C19H22ClN5O/c1-2-7-24-9-6-21-19(24)18-17-15(22-12-23-17)5-8-25(18)11-13-10-14(20)3-4-16(13)26/h3-4,6,9-10,12,18,26H,2,5,7-8,11H2,1H3,(H,22,23)/t18-/m1/s1. The molecule has 2 aromatic heterocycles. The van der Waals surface area contributed by atoms with Gasteiger partial charge in [-0.1, -0.05) is 18.5 Å². The van der Waals surface area contributed by atoms with Gasteiger partial charge in [-0.05, 0) is 24.6 Å². The maximum atomic E-state index is 10.2. The lowest BCUT2D eigenvalue weighted by Crippen LogP contribution is -2.37. The molecule has 0 radical (unpaired) electrons. The van der Waals surface area contributed by atoms with Gasteiger partial charge in [0.05, 0.1) is 12.0 Å². The van der Waals surface area contributed by atoms with Crippen LogP contribution in [0.15, 0.2) is 36.9 Å². The van der Waals surface area contributed by atoms with Crippen molar-refractivity contribution < 1.29 is 5.11 Å². The average Bonchev–Trinajstić information content (AvgIpc) is 3.27. The van der Waals surface area contributed by atoms with Gasteiger partial charge in [-0.15, -0.1) is 0 Å². The Hall–Kier alpha value is -2.31. The molecule has 136 valence electrons. The maximum Gasteiger partial charge on any atom is 0.132 e. The lowest BCUT2D eigenvalue weighted by Gasteiger charge is -2.35. The fraction of sp³-hybridized carbons (Fsp3) is 0.368. The first-order chi connectivity index (χ1) is 12.7. The molecule has 1 aliphatic heterocycles.